The zero-order chi connectivity index (χ0) is 18.4. The van der Waals surface area contributed by atoms with Crippen molar-refractivity contribution in [2.75, 3.05) is 24.5 Å². The van der Waals surface area contributed by atoms with Crippen LogP contribution in [-0.2, 0) is 11.2 Å². The molecule has 3 nitrogen and oxygen atoms in total. The van der Waals surface area contributed by atoms with Crippen LogP contribution in [0.4, 0.5) is 5.69 Å². The summed E-state index contributed by atoms with van der Waals surface area (Å²) in [7, 11) is 0. The van der Waals surface area contributed by atoms with E-state index in [-0.39, 0.29) is 5.91 Å². The van der Waals surface area contributed by atoms with Gasteiger partial charge >= 0.3 is 0 Å². The van der Waals surface area contributed by atoms with Crippen LogP contribution >= 0.6 is 23.2 Å². The number of para-hydroxylation sites is 1. The fourth-order valence-corrected chi connectivity index (χ4v) is 3.66. The van der Waals surface area contributed by atoms with Gasteiger partial charge in [0.25, 0.3) is 0 Å². The fraction of sp³-hybridized carbons (Fsp3) is 0.286. The van der Waals surface area contributed by atoms with Crippen molar-refractivity contribution in [2.45, 2.75) is 19.3 Å². The molecular formula is C21H22Cl2N2O. The van der Waals surface area contributed by atoms with Crippen LogP contribution in [0, 0.1) is 0 Å². The topological polar surface area (TPSA) is 32.3 Å². The van der Waals surface area contributed by atoms with Gasteiger partial charge in [0.2, 0.25) is 5.91 Å². The summed E-state index contributed by atoms with van der Waals surface area (Å²) in [4.78, 5) is 14.4. The number of nitrogens with zero attached hydrogens (tertiary/aromatic N) is 1. The molecule has 0 aliphatic carbocycles. The fourth-order valence-electron chi connectivity index (χ4n) is 3.19. The number of carbonyl (C=O) groups excluding carboxylic acids is 1. The number of amides is 1. The molecule has 136 valence electrons. The molecule has 0 spiro atoms. The number of aryl methyl sites for hydroxylation is 1. The summed E-state index contributed by atoms with van der Waals surface area (Å²) in [6, 6.07) is 13.8. The van der Waals surface area contributed by atoms with Gasteiger partial charge in [-0.2, -0.15) is 0 Å². The van der Waals surface area contributed by atoms with Gasteiger partial charge in [-0.05, 0) is 54.7 Å². The molecule has 2 aromatic rings. The van der Waals surface area contributed by atoms with E-state index in [4.69, 9.17) is 23.2 Å². The van der Waals surface area contributed by atoms with E-state index in [1.165, 1.54) is 23.7 Å². The highest BCUT2D eigenvalue weighted by atomic mass is 35.5. The third-order valence-corrected chi connectivity index (χ3v) is 5.05. The highest BCUT2D eigenvalue weighted by molar-refractivity contribution is 6.35. The lowest BCUT2D eigenvalue weighted by Crippen LogP contribution is -2.32. The summed E-state index contributed by atoms with van der Waals surface area (Å²) in [5.74, 6) is -0.116. The maximum absolute atomic E-state index is 12.0. The zero-order valence-electron chi connectivity index (χ0n) is 14.6. The maximum atomic E-state index is 12.0. The van der Waals surface area contributed by atoms with Crippen LogP contribution in [0.3, 0.4) is 0 Å². The molecule has 0 saturated carbocycles. The monoisotopic (exact) mass is 388 g/mol. The number of benzene rings is 2. The first-order valence-corrected chi connectivity index (χ1v) is 9.63. The second-order valence-corrected chi connectivity index (χ2v) is 7.21. The van der Waals surface area contributed by atoms with Gasteiger partial charge in [0.05, 0.1) is 0 Å². The first-order chi connectivity index (χ1) is 12.6. The van der Waals surface area contributed by atoms with E-state index in [9.17, 15) is 4.79 Å². The van der Waals surface area contributed by atoms with Crippen LogP contribution in [0.15, 0.2) is 48.5 Å². The molecule has 1 aliphatic rings. The van der Waals surface area contributed by atoms with Crippen molar-refractivity contribution in [1.82, 2.24) is 5.32 Å². The molecule has 0 fully saturated rings. The number of nitrogens with one attached hydrogen (secondary N) is 1. The molecule has 0 saturated heterocycles. The number of fused-ring (bicyclic) bond motifs is 1. The minimum absolute atomic E-state index is 0.116. The van der Waals surface area contributed by atoms with E-state index in [0.717, 1.165) is 31.5 Å². The molecule has 5 heteroatoms. The molecule has 0 bridgehead atoms. The smallest absolute Gasteiger partial charge is 0.244 e. The summed E-state index contributed by atoms with van der Waals surface area (Å²) >= 11 is 12.0. The molecular weight excluding hydrogens is 367 g/mol. The van der Waals surface area contributed by atoms with Crippen molar-refractivity contribution in [3.8, 4) is 0 Å². The zero-order valence-corrected chi connectivity index (χ0v) is 16.1. The number of hydrogen-bond donors (Lipinski definition) is 1. The molecule has 26 heavy (non-hydrogen) atoms. The first-order valence-electron chi connectivity index (χ1n) is 8.87. The predicted molar refractivity (Wildman–Crippen MR) is 110 cm³/mol. The van der Waals surface area contributed by atoms with Gasteiger partial charge in [-0.1, -0.05) is 47.5 Å². The van der Waals surface area contributed by atoms with Crippen molar-refractivity contribution in [2.24, 2.45) is 0 Å². The summed E-state index contributed by atoms with van der Waals surface area (Å²) in [5.41, 5.74) is 3.53. The molecule has 0 atom stereocenters. The quantitative estimate of drug-likeness (QED) is 0.559. The Morgan fingerprint density at radius 2 is 2.04 bits per heavy atom. The van der Waals surface area contributed by atoms with E-state index in [1.807, 2.05) is 0 Å². The lowest BCUT2D eigenvalue weighted by molar-refractivity contribution is -0.116. The molecule has 2 aromatic carbocycles. The third-order valence-electron chi connectivity index (χ3n) is 4.49. The lowest BCUT2D eigenvalue weighted by atomic mass is 10.0. The van der Waals surface area contributed by atoms with Crippen molar-refractivity contribution in [1.29, 1.82) is 0 Å². The largest absolute Gasteiger partial charge is 0.371 e. The number of hydrogen-bond acceptors (Lipinski definition) is 2. The Balaban J connectivity index is 1.44. The van der Waals surface area contributed by atoms with Crippen LogP contribution in [0.2, 0.25) is 10.0 Å². The van der Waals surface area contributed by atoms with Gasteiger partial charge in [0, 0.05) is 41.4 Å². The van der Waals surface area contributed by atoms with E-state index in [1.54, 1.807) is 24.3 Å². The number of anilines is 1. The number of halogens is 2. The Morgan fingerprint density at radius 3 is 2.88 bits per heavy atom. The third kappa shape index (κ3) is 5.03. The molecule has 1 N–H and O–H groups in total. The van der Waals surface area contributed by atoms with Gasteiger partial charge in [0.1, 0.15) is 0 Å². The first kappa shape index (κ1) is 18.8. The highest BCUT2D eigenvalue weighted by Crippen LogP contribution is 2.26. The molecule has 0 unspecified atom stereocenters. The lowest BCUT2D eigenvalue weighted by Gasteiger charge is -2.31. The van der Waals surface area contributed by atoms with Crippen molar-refractivity contribution in [3.05, 3.63) is 69.7 Å². The van der Waals surface area contributed by atoms with Gasteiger partial charge in [-0.25, -0.2) is 0 Å². The minimum atomic E-state index is -0.116. The average Bonchev–Trinajstić information content (AvgIpc) is 2.64. The Labute approximate surface area is 164 Å². The van der Waals surface area contributed by atoms with Gasteiger partial charge < -0.3 is 10.2 Å². The van der Waals surface area contributed by atoms with Gasteiger partial charge in [0.15, 0.2) is 0 Å². The van der Waals surface area contributed by atoms with E-state index in [2.05, 4.69) is 34.5 Å². The summed E-state index contributed by atoms with van der Waals surface area (Å²) in [5, 5.41) is 4.04. The summed E-state index contributed by atoms with van der Waals surface area (Å²) in [6.07, 6.45) is 6.46. The molecule has 0 radical (unpaired) electrons. The Hall–Kier alpha value is -1.97. The van der Waals surface area contributed by atoms with E-state index >= 15 is 0 Å². The number of rotatable bonds is 6. The average molecular weight is 389 g/mol. The SMILES string of the molecule is O=C(/C=C/c1ccc(Cl)cc1Cl)NCCCN1CCCc2ccccc21. The second-order valence-electron chi connectivity index (χ2n) is 6.36. The van der Waals surface area contributed by atoms with Crippen molar-refractivity contribution in [3.63, 3.8) is 0 Å². The van der Waals surface area contributed by atoms with Gasteiger partial charge in [-0.15, -0.1) is 0 Å². The summed E-state index contributed by atoms with van der Waals surface area (Å²) < 4.78 is 0. The molecule has 1 heterocycles. The molecule has 3 rings (SSSR count). The van der Waals surface area contributed by atoms with Crippen LogP contribution in [0.1, 0.15) is 24.0 Å². The second kappa shape index (κ2) is 9.11. The molecule has 0 aromatic heterocycles. The van der Waals surface area contributed by atoms with Crippen LogP contribution < -0.4 is 10.2 Å². The Morgan fingerprint density at radius 1 is 1.19 bits per heavy atom. The van der Waals surface area contributed by atoms with Crippen LogP contribution in [-0.4, -0.2) is 25.5 Å². The predicted octanol–water partition coefficient (Wildman–Crippen LogP) is 4.97. The van der Waals surface area contributed by atoms with Crippen LogP contribution in [0.25, 0.3) is 6.08 Å². The normalized spacial score (nSPS) is 13.7. The van der Waals surface area contributed by atoms with Crippen molar-refractivity contribution >= 4 is 40.9 Å². The maximum Gasteiger partial charge on any atom is 0.244 e. The van der Waals surface area contributed by atoms with E-state index in [0.29, 0.717) is 16.6 Å². The van der Waals surface area contributed by atoms with Crippen molar-refractivity contribution < 1.29 is 4.79 Å². The minimum Gasteiger partial charge on any atom is -0.371 e. The molecule has 1 aliphatic heterocycles. The van der Waals surface area contributed by atoms with E-state index < -0.39 is 0 Å². The summed E-state index contributed by atoms with van der Waals surface area (Å²) in [6.45, 7) is 2.68. The Bertz CT molecular complexity index is 804. The van der Waals surface area contributed by atoms with Crippen LogP contribution in [0.5, 0.6) is 0 Å². The standard InChI is InChI=1S/C21H22Cl2N2O/c22-18-10-8-16(19(23)15-18)9-11-21(26)24-12-4-14-25-13-3-6-17-5-1-2-7-20(17)25/h1-2,5,7-11,15H,3-4,6,12-14H2,(H,24,26)/b11-9+. The molecule has 1 amide bonds. The Kier molecular flexibility index (Phi) is 6.59. The highest BCUT2D eigenvalue weighted by Gasteiger charge is 2.15. The number of carbonyl (C=O) groups is 1. The van der Waals surface area contributed by atoms with Gasteiger partial charge in [-0.3, -0.25) is 4.79 Å².